The summed E-state index contributed by atoms with van der Waals surface area (Å²) >= 11 is 3.41. The Morgan fingerprint density at radius 3 is 1.94 bits per heavy atom. The fourth-order valence-electron chi connectivity index (χ4n) is 1.39. The van der Waals surface area contributed by atoms with Crippen LogP contribution in [0, 0.1) is 0 Å². The predicted octanol–water partition coefficient (Wildman–Crippen LogP) is 3.39. The molecule has 18 heavy (non-hydrogen) atoms. The first-order chi connectivity index (χ1) is 8.63. The molecule has 0 saturated heterocycles. The molecule has 0 atom stereocenters. The number of rotatable bonds is 7. The van der Waals surface area contributed by atoms with Crippen molar-refractivity contribution in [1.82, 2.24) is 0 Å². The van der Waals surface area contributed by atoms with E-state index in [0.717, 1.165) is 4.47 Å². The molecule has 0 aliphatic heterocycles. The van der Waals surface area contributed by atoms with E-state index in [2.05, 4.69) is 15.9 Å². The van der Waals surface area contributed by atoms with Crippen LogP contribution in [0.1, 0.15) is 20.8 Å². The highest BCUT2D eigenvalue weighted by molar-refractivity contribution is 9.10. The van der Waals surface area contributed by atoms with Crippen LogP contribution in [0.3, 0.4) is 0 Å². The van der Waals surface area contributed by atoms with Crippen LogP contribution in [0.5, 0.6) is 11.5 Å². The summed E-state index contributed by atoms with van der Waals surface area (Å²) in [6, 6.07) is 3.34. The summed E-state index contributed by atoms with van der Waals surface area (Å²) in [6.07, 6.45) is 0. The molecule has 6 heteroatoms. The van der Waals surface area contributed by atoms with Crippen molar-refractivity contribution in [3.8, 4) is 11.5 Å². The Kier molecular flexibility index (Phi) is 6.24. The van der Waals surface area contributed by atoms with Gasteiger partial charge in [0.15, 0.2) is 0 Å². The summed E-state index contributed by atoms with van der Waals surface area (Å²) in [7, 11) is 0. The monoisotopic (exact) mass is 319 g/mol. The minimum Gasteiger partial charge on any atom is -0.492 e. The van der Waals surface area contributed by atoms with Crippen LogP contribution in [-0.2, 0) is 4.84 Å². The van der Waals surface area contributed by atoms with E-state index < -0.39 is 0 Å². The summed E-state index contributed by atoms with van der Waals surface area (Å²) in [5.74, 6) is 1.19. The van der Waals surface area contributed by atoms with Crippen molar-refractivity contribution in [3.05, 3.63) is 16.6 Å². The van der Waals surface area contributed by atoms with Crippen LogP contribution in [-0.4, -0.2) is 25.0 Å². The van der Waals surface area contributed by atoms with Gasteiger partial charge in [-0.1, -0.05) is 0 Å². The van der Waals surface area contributed by atoms with E-state index in [0.29, 0.717) is 42.2 Å². The lowest BCUT2D eigenvalue weighted by Gasteiger charge is -2.18. The maximum atomic E-state index is 9.68. The molecule has 0 fully saturated rings. The summed E-state index contributed by atoms with van der Waals surface area (Å²) < 4.78 is 11.7. The summed E-state index contributed by atoms with van der Waals surface area (Å²) in [5.41, 5.74) is 0.451. The zero-order valence-corrected chi connectivity index (χ0v) is 12.4. The summed E-state index contributed by atoms with van der Waals surface area (Å²) in [6.45, 7) is 6.97. The first-order valence-electron chi connectivity index (χ1n) is 5.85. The largest absolute Gasteiger partial charge is 0.492 e. The van der Waals surface area contributed by atoms with E-state index in [1.165, 1.54) is 0 Å². The Bertz CT molecular complexity index is 359. The Morgan fingerprint density at radius 1 is 1.06 bits per heavy atom. The maximum absolute atomic E-state index is 9.68. The van der Waals surface area contributed by atoms with Crippen LogP contribution in [0.2, 0.25) is 0 Å². The van der Waals surface area contributed by atoms with E-state index >= 15 is 0 Å². The van der Waals surface area contributed by atoms with Gasteiger partial charge in [-0.25, -0.2) is 4.84 Å². The molecule has 1 aromatic carbocycles. The second kappa shape index (κ2) is 7.45. The third-order valence-corrected chi connectivity index (χ3v) is 2.84. The van der Waals surface area contributed by atoms with Gasteiger partial charge in [-0.2, -0.15) is 0 Å². The average Bonchev–Trinajstić information content (AvgIpc) is 2.34. The average molecular weight is 320 g/mol. The topological polar surface area (TPSA) is 51.2 Å². The zero-order chi connectivity index (χ0) is 13.5. The van der Waals surface area contributed by atoms with Gasteiger partial charge >= 0.3 is 0 Å². The standard InChI is InChI=1S/C12H18BrNO4/c1-4-16-10-7-9(14(15)18-6-3)8-11(12(10)13)17-5-2/h7-8,15H,4-6H2,1-3H3. The quantitative estimate of drug-likeness (QED) is 0.781. The Balaban J connectivity index is 3.10. The van der Waals surface area contributed by atoms with E-state index in [1.54, 1.807) is 19.1 Å². The summed E-state index contributed by atoms with van der Waals surface area (Å²) in [4.78, 5) is 5.00. The molecule has 1 rings (SSSR count). The molecular weight excluding hydrogens is 302 g/mol. The molecule has 0 saturated carbocycles. The van der Waals surface area contributed by atoms with Crippen molar-refractivity contribution in [2.45, 2.75) is 20.8 Å². The third-order valence-electron chi connectivity index (χ3n) is 2.06. The molecule has 0 aromatic heterocycles. The van der Waals surface area contributed by atoms with Gasteiger partial charge in [0.1, 0.15) is 21.7 Å². The van der Waals surface area contributed by atoms with Crippen molar-refractivity contribution in [2.75, 3.05) is 25.0 Å². The van der Waals surface area contributed by atoms with Gasteiger partial charge in [-0.05, 0) is 36.7 Å². The zero-order valence-electron chi connectivity index (χ0n) is 10.8. The van der Waals surface area contributed by atoms with Gasteiger partial charge in [0.25, 0.3) is 0 Å². The van der Waals surface area contributed by atoms with Crippen molar-refractivity contribution >= 4 is 21.6 Å². The molecular formula is C12H18BrNO4. The molecule has 5 nitrogen and oxygen atoms in total. The molecule has 0 bridgehead atoms. The van der Waals surface area contributed by atoms with Gasteiger partial charge in [-0.15, -0.1) is 5.23 Å². The molecule has 1 N–H and O–H groups in total. The number of anilines is 1. The van der Waals surface area contributed by atoms with E-state index in [4.69, 9.17) is 14.3 Å². The lowest BCUT2D eigenvalue weighted by molar-refractivity contribution is -0.0354. The van der Waals surface area contributed by atoms with Crippen molar-refractivity contribution in [2.24, 2.45) is 0 Å². The van der Waals surface area contributed by atoms with Gasteiger partial charge in [0.2, 0.25) is 0 Å². The number of hydrogen-bond acceptors (Lipinski definition) is 5. The van der Waals surface area contributed by atoms with Crippen molar-refractivity contribution < 1.29 is 19.5 Å². The first kappa shape index (κ1) is 15.1. The Morgan fingerprint density at radius 2 is 1.56 bits per heavy atom. The molecule has 1 aromatic rings. The second-order valence-corrected chi connectivity index (χ2v) is 4.11. The van der Waals surface area contributed by atoms with E-state index in [9.17, 15) is 5.21 Å². The fourth-order valence-corrected chi connectivity index (χ4v) is 1.84. The molecule has 102 valence electrons. The second-order valence-electron chi connectivity index (χ2n) is 3.31. The smallest absolute Gasteiger partial charge is 0.139 e. The molecule has 0 aliphatic rings. The minimum atomic E-state index is 0.362. The molecule has 0 spiro atoms. The highest BCUT2D eigenvalue weighted by Crippen LogP contribution is 2.38. The maximum Gasteiger partial charge on any atom is 0.139 e. The number of benzene rings is 1. The molecule has 0 aliphatic carbocycles. The van der Waals surface area contributed by atoms with Crippen LogP contribution in [0.25, 0.3) is 0 Å². The number of ether oxygens (including phenoxy) is 2. The highest BCUT2D eigenvalue weighted by atomic mass is 79.9. The third kappa shape index (κ3) is 3.76. The van der Waals surface area contributed by atoms with E-state index in [-0.39, 0.29) is 0 Å². The molecule has 0 amide bonds. The normalized spacial score (nSPS) is 10.3. The van der Waals surface area contributed by atoms with Gasteiger partial charge in [0, 0.05) is 12.1 Å². The number of hydrogen-bond donors (Lipinski definition) is 1. The van der Waals surface area contributed by atoms with Crippen LogP contribution >= 0.6 is 15.9 Å². The highest BCUT2D eigenvalue weighted by Gasteiger charge is 2.14. The lowest BCUT2D eigenvalue weighted by Crippen LogP contribution is -2.18. The SMILES string of the molecule is CCOc1cc(N(O)OCC)cc(OCC)c1Br. The van der Waals surface area contributed by atoms with Crippen LogP contribution < -0.4 is 14.7 Å². The van der Waals surface area contributed by atoms with Crippen LogP contribution in [0.4, 0.5) is 5.69 Å². The van der Waals surface area contributed by atoms with Gasteiger partial charge in [0.05, 0.1) is 19.8 Å². The summed E-state index contributed by atoms with van der Waals surface area (Å²) in [5, 5.41) is 10.4. The first-order valence-corrected chi connectivity index (χ1v) is 6.64. The van der Waals surface area contributed by atoms with Crippen molar-refractivity contribution in [1.29, 1.82) is 0 Å². The predicted molar refractivity (Wildman–Crippen MR) is 72.4 cm³/mol. The minimum absolute atomic E-state index is 0.362. The number of halogens is 1. The molecule has 0 unspecified atom stereocenters. The van der Waals surface area contributed by atoms with E-state index in [1.807, 2.05) is 13.8 Å². The molecule has 0 radical (unpaired) electrons. The molecule has 0 heterocycles. The Hall–Kier alpha value is -0.980. The van der Waals surface area contributed by atoms with Gasteiger partial charge < -0.3 is 9.47 Å². The number of nitrogens with zero attached hydrogens (tertiary/aromatic N) is 1. The van der Waals surface area contributed by atoms with Crippen LogP contribution in [0.15, 0.2) is 16.6 Å². The lowest BCUT2D eigenvalue weighted by atomic mass is 10.3. The Labute approximate surface area is 115 Å². The van der Waals surface area contributed by atoms with Gasteiger partial charge in [-0.3, -0.25) is 5.21 Å². The fraction of sp³-hybridized carbons (Fsp3) is 0.500. The van der Waals surface area contributed by atoms with Crippen molar-refractivity contribution in [3.63, 3.8) is 0 Å².